The minimum atomic E-state index is -1.23. The molecule has 3 aromatic carbocycles. The summed E-state index contributed by atoms with van der Waals surface area (Å²) in [5.41, 5.74) is 1.19. The van der Waals surface area contributed by atoms with Crippen LogP contribution < -0.4 is 15.5 Å². The Balaban J connectivity index is 1.23. The summed E-state index contributed by atoms with van der Waals surface area (Å²) >= 11 is 0. The molecule has 8 heteroatoms. The van der Waals surface area contributed by atoms with Crippen LogP contribution in [0.15, 0.2) is 66.7 Å². The summed E-state index contributed by atoms with van der Waals surface area (Å²) < 4.78 is 0. The molecule has 0 bridgehead atoms. The van der Waals surface area contributed by atoms with Gasteiger partial charge in [0.05, 0.1) is 0 Å². The van der Waals surface area contributed by atoms with Crippen LogP contribution >= 0.6 is 0 Å². The van der Waals surface area contributed by atoms with E-state index < -0.39 is 23.4 Å². The Morgan fingerprint density at radius 2 is 1.64 bits per heavy atom. The van der Waals surface area contributed by atoms with E-state index in [0.717, 1.165) is 54.1 Å². The number of nitrogens with zero attached hydrogens (tertiary/aromatic N) is 3. The molecule has 4 amide bonds. The van der Waals surface area contributed by atoms with Crippen LogP contribution in [0.3, 0.4) is 0 Å². The third kappa shape index (κ3) is 4.52. The van der Waals surface area contributed by atoms with Gasteiger partial charge in [0.15, 0.2) is 0 Å². The Bertz CT molecular complexity index is 1300. The molecule has 2 heterocycles. The molecule has 1 atom stereocenters. The number of hydrogen-bond donors (Lipinski definition) is 2. The fourth-order valence-corrected chi connectivity index (χ4v) is 4.96. The molecule has 2 fully saturated rings. The Kier molecular flexibility index (Phi) is 6.36. The molecule has 186 valence electrons. The van der Waals surface area contributed by atoms with Crippen LogP contribution in [0, 0.1) is 0 Å². The van der Waals surface area contributed by atoms with Gasteiger partial charge in [0.25, 0.3) is 5.91 Å². The number of nitrogens with one attached hydrogen (secondary N) is 2. The van der Waals surface area contributed by atoms with E-state index >= 15 is 0 Å². The Morgan fingerprint density at radius 1 is 0.944 bits per heavy atom. The maximum Gasteiger partial charge on any atom is 0.325 e. The lowest BCUT2D eigenvalue weighted by Crippen LogP contribution is -2.46. The number of hydrogen-bond acceptors (Lipinski definition) is 5. The quantitative estimate of drug-likeness (QED) is 0.523. The van der Waals surface area contributed by atoms with E-state index in [1.165, 1.54) is 0 Å². The van der Waals surface area contributed by atoms with Gasteiger partial charge in [-0.3, -0.25) is 14.5 Å². The molecule has 5 rings (SSSR count). The maximum absolute atomic E-state index is 13.3. The first-order valence-corrected chi connectivity index (χ1v) is 12.4. The number of piperazine rings is 1. The van der Waals surface area contributed by atoms with Crippen molar-refractivity contribution in [2.45, 2.75) is 19.4 Å². The second-order valence-electron chi connectivity index (χ2n) is 9.52. The highest BCUT2D eigenvalue weighted by atomic mass is 16.2. The van der Waals surface area contributed by atoms with Crippen LogP contribution in [0.4, 0.5) is 16.2 Å². The lowest BCUT2D eigenvalue weighted by atomic mass is 9.90. The number of anilines is 2. The Morgan fingerprint density at radius 3 is 2.33 bits per heavy atom. The average Bonchev–Trinajstić information content (AvgIpc) is 3.12. The topological polar surface area (TPSA) is 85.0 Å². The highest BCUT2D eigenvalue weighted by Gasteiger charge is 2.49. The van der Waals surface area contributed by atoms with E-state index in [1.807, 2.05) is 66.7 Å². The number of likely N-dealkylation sites (N-methyl/N-ethyl adjacent to an activating group) is 1. The van der Waals surface area contributed by atoms with Crippen molar-refractivity contribution >= 4 is 40.0 Å². The van der Waals surface area contributed by atoms with Gasteiger partial charge in [0, 0.05) is 37.6 Å². The molecule has 0 aromatic heterocycles. The number of urea groups is 1. The molecule has 3 aromatic rings. The highest BCUT2D eigenvalue weighted by molar-refractivity contribution is 6.10. The molecular formula is C28H31N5O3. The van der Waals surface area contributed by atoms with Crippen LogP contribution in [-0.4, -0.2) is 66.9 Å². The molecular weight excluding hydrogens is 454 g/mol. The van der Waals surface area contributed by atoms with Crippen molar-refractivity contribution in [3.63, 3.8) is 0 Å². The molecule has 0 aliphatic carbocycles. The lowest BCUT2D eigenvalue weighted by Gasteiger charge is -2.35. The molecule has 36 heavy (non-hydrogen) atoms. The molecule has 2 aliphatic heterocycles. The number of imide groups is 1. The van der Waals surface area contributed by atoms with Crippen LogP contribution in [0.5, 0.6) is 0 Å². The van der Waals surface area contributed by atoms with Crippen molar-refractivity contribution in [2.75, 3.05) is 49.5 Å². The van der Waals surface area contributed by atoms with E-state index in [0.29, 0.717) is 11.3 Å². The van der Waals surface area contributed by atoms with E-state index in [-0.39, 0.29) is 6.54 Å². The summed E-state index contributed by atoms with van der Waals surface area (Å²) in [6.45, 7) is 8.60. The van der Waals surface area contributed by atoms with E-state index in [2.05, 4.69) is 27.4 Å². The van der Waals surface area contributed by atoms with Gasteiger partial charge in [0.1, 0.15) is 12.1 Å². The molecule has 2 N–H and O–H groups in total. The van der Waals surface area contributed by atoms with Crippen molar-refractivity contribution in [2.24, 2.45) is 0 Å². The van der Waals surface area contributed by atoms with Gasteiger partial charge in [0.2, 0.25) is 5.91 Å². The van der Waals surface area contributed by atoms with E-state index in [4.69, 9.17) is 0 Å². The molecule has 2 aliphatic rings. The smallest absolute Gasteiger partial charge is 0.325 e. The Labute approximate surface area is 210 Å². The fraction of sp³-hybridized carbons (Fsp3) is 0.321. The summed E-state index contributed by atoms with van der Waals surface area (Å²) in [6, 6.07) is 20.6. The monoisotopic (exact) mass is 485 g/mol. The second kappa shape index (κ2) is 9.62. The van der Waals surface area contributed by atoms with Crippen LogP contribution in [0.25, 0.3) is 10.8 Å². The summed E-state index contributed by atoms with van der Waals surface area (Å²) in [4.78, 5) is 44.4. The minimum Gasteiger partial charge on any atom is -0.369 e. The van der Waals surface area contributed by atoms with E-state index in [9.17, 15) is 14.4 Å². The third-order valence-corrected chi connectivity index (χ3v) is 7.24. The number of amides is 4. The third-order valence-electron chi connectivity index (χ3n) is 7.24. The number of benzene rings is 3. The van der Waals surface area contributed by atoms with Crippen molar-refractivity contribution in [3.8, 4) is 0 Å². The molecule has 2 saturated heterocycles. The van der Waals surface area contributed by atoms with Gasteiger partial charge in [-0.2, -0.15) is 0 Å². The van der Waals surface area contributed by atoms with Gasteiger partial charge in [-0.1, -0.05) is 43.3 Å². The summed E-state index contributed by atoms with van der Waals surface area (Å²) in [5, 5.41) is 7.61. The molecule has 0 radical (unpaired) electrons. The molecule has 0 saturated carbocycles. The number of rotatable bonds is 6. The SMILES string of the molecule is CCN1CCN(c2ccc(NC(=O)CN3C(=O)N[C@](C)(c4ccc5ccccc5c4)C3=O)cc2)CC1. The van der Waals surface area contributed by atoms with Crippen molar-refractivity contribution in [1.82, 2.24) is 15.1 Å². The standard InChI is InChI=1S/C28H31N5O3/c1-3-31-14-16-32(17-15-31)24-12-10-23(11-13-24)29-25(34)19-33-26(35)28(2,30-27(33)36)22-9-8-20-6-4-5-7-21(20)18-22/h4-13,18H,3,14-17,19H2,1-2H3,(H,29,34)(H,30,36)/t28-/m1/s1. The minimum absolute atomic E-state index is 0.353. The molecule has 0 unspecified atom stereocenters. The van der Waals surface area contributed by atoms with Gasteiger partial charge < -0.3 is 20.4 Å². The summed E-state index contributed by atoms with van der Waals surface area (Å²) in [7, 11) is 0. The first-order valence-electron chi connectivity index (χ1n) is 12.4. The number of carbonyl (C=O) groups is 3. The van der Waals surface area contributed by atoms with E-state index in [1.54, 1.807) is 6.92 Å². The van der Waals surface area contributed by atoms with Gasteiger partial charge in [-0.05, 0) is 60.1 Å². The first-order chi connectivity index (χ1) is 17.4. The molecule has 0 spiro atoms. The van der Waals surface area contributed by atoms with Gasteiger partial charge in [-0.25, -0.2) is 4.79 Å². The second-order valence-corrected chi connectivity index (χ2v) is 9.52. The number of carbonyl (C=O) groups excluding carboxylic acids is 3. The summed E-state index contributed by atoms with van der Waals surface area (Å²) in [6.07, 6.45) is 0. The predicted molar refractivity (Wildman–Crippen MR) is 141 cm³/mol. The Hall–Kier alpha value is -3.91. The normalized spacial score (nSPS) is 20.6. The molecule has 8 nitrogen and oxygen atoms in total. The first kappa shape index (κ1) is 23.8. The van der Waals surface area contributed by atoms with Crippen molar-refractivity contribution < 1.29 is 14.4 Å². The zero-order valence-corrected chi connectivity index (χ0v) is 20.7. The van der Waals surface area contributed by atoms with Crippen LogP contribution in [0.1, 0.15) is 19.4 Å². The van der Waals surface area contributed by atoms with Crippen molar-refractivity contribution in [3.05, 3.63) is 72.3 Å². The van der Waals surface area contributed by atoms with Crippen molar-refractivity contribution in [1.29, 1.82) is 0 Å². The predicted octanol–water partition coefficient (Wildman–Crippen LogP) is 3.39. The fourth-order valence-electron chi connectivity index (χ4n) is 4.96. The average molecular weight is 486 g/mol. The lowest BCUT2D eigenvalue weighted by molar-refractivity contribution is -0.133. The zero-order valence-electron chi connectivity index (χ0n) is 20.7. The summed E-state index contributed by atoms with van der Waals surface area (Å²) in [5.74, 6) is -0.870. The van der Waals surface area contributed by atoms with Crippen LogP contribution in [0.2, 0.25) is 0 Å². The zero-order chi connectivity index (χ0) is 25.3. The van der Waals surface area contributed by atoms with Gasteiger partial charge >= 0.3 is 6.03 Å². The largest absolute Gasteiger partial charge is 0.369 e. The maximum atomic E-state index is 13.3. The van der Waals surface area contributed by atoms with Crippen LogP contribution in [-0.2, 0) is 15.1 Å². The van der Waals surface area contributed by atoms with Gasteiger partial charge in [-0.15, -0.1) is 0 Å². The highest BCUT2D eigenvalue weighted by Crippen LogP contribution is 2.31. The number of fused-ring (bicyclic) bond motifs is 1.